The molecule has 178 valence electrons. The molecule has 0 saturated heterocycles. The number of halogens is 1. The van der Waals surface area contributed by atoms with Crippen molar-refractivity contribution in [3.63, 3.8) is 0 Å². The highest BCUT2D eigenvalue weighted by atomic mass is 35.5. The SMILES string of the molecule is CC(=O)C1CCC2C3CCC4CC(OC(=O)C(N)C(C)C)CCC4(C)C3CCC12C.Cl. The third kappa shape index (κ3) is 4.09. The zero-order chi connectivity index (χ0) is 21.8. The molecule has 0 aromatic carbocycles. The monoisotopic (exact) mass is 453 g/mol. The lowest BCUT2D eigenvalue weighted by Gasteiger charge is -2.61. The minimum atomic E-state index is -0.512. The molecular formula is C26H44ClNO3. The van der Waals surface area contributed by atoms with Gasteiger partial charge in [0.1, 0.15) is 17.9 Å². The van der Waals surface area contributed by atoms with E-state index in [2.05, 4.69) is 13.8 Å². The Morgan fingerprint density at radius 2 is 1.58 bits per heavy atom. The first-order chi connectivity index (χ1) is 14.1. The van der Waals surface area contributed by atoms with Gasteiger partial charge in [-0.05, 0) is 105 Å². The molecule has 0 amide bonds. The Hall–Kier alpha value is -0.610. The molecule has 0 aliphatic heterocycles. The topological polar surface area (TPSA) is 69.4 Å². The molecule has 31 heavy (non-hydrogen) atoms. The van der Waals surface area contributed by atoms with E-state index in [-0.39, 0.29) is 41.7 Å². The fraction of sp³-hybridized carbons (Fsp3) is 0.923. The number of Topliss-reactive ketones (excluding diaryl/α,β-unsaturated/α-hetero) is 1. The van der Waals surface area contributed by atoms with Gasteiger partial charge in [0.15, 0.2) is 0 Å². The molecule has 4 saturated carbocycles. The summed E-state index contributed by atoms with van der Waals surface area (Å²) >= 11 is 0. The van der Waals surface area contributed by atoms with Gasteiger partial charge in [-0.25, -0.2) is 0 Å². The average Bonchev–Trinajstić information content (AvgIpc) is 3.05. The molecule has 0 aromatic heterocycles. The number of hydrogen-bond acceptors (Lipinski definition) is 4. The van der Waals surface area contributed by atoms with Crippen LogP contribution in [0.3, 0.4) is 0 Å². The summed E-state index contributed by atoms with van der Waals surface area (Å²) < 4.78 is 5.87. The lowest BCUT2D eigenvalue weighted by atomic mass is 9.44. The summed E-state index contributed by atoms with van der Waals surface area (Å²) in [4.78, 5) is 24.7. The molecule has 2 N–H and O–H groups in total. The quantitative estimate of drug-likeness (QED) is 0.566. The molecule has 4 fully saturated rings. The van der Waals surface area contributed by atoms with Crippen molar-refractivity contribution in [2.45, 2.75) is 105 Å². The van der Waals surface area contributed by atoms with Crippen LogP contribution in [0.2, 0.25) is 0 Å². The largest absolute Gasteiger partial charge is 0.461 e. The highest BCUT2D eigenvalue weighted by molar-refractivity contribution is 5.85. The third-order valence-electron chi connectivity index (χ3n) is 10.4. The second kappa shape index (κ2) is 8.97. The van der Waals surface area contributed by atoms with Crippen molar-refractivity contribution in [1.29, 1.82) is 0 Å². The van der Waals surface area contributed by atoms with Gasteiger partial charge in [0.25, 0.3) is 0 Å². The average molecular weight is 454 g/mol. The van der Waals surface area contributed by atoms with Gasteiger partial charge in [-0.1, -0.05) is 27.7 Å². The normalized spacial score (nSPS) is 45.0. The van der Waals surface area contributed by atoms with E-state index in [1.807, 2.05) is 20.8 Å². The number of nitrogens with two attached hydrogens (primary N) is 1. The Morgan fingerprint density at radius 1 is 0.935 bits per heavy atom. The summed E-state index contributed by atoms with van der Waals surface area (Å²) in [6.45, 7) is 10.7. The van der Waals surface area contributed by atoms with Crippen molar-refractivity contribution in [2.75, 3.05) is 0 Å². The van der Waals surface area contributed by atoms with Crippen LogP contribution in [0, 0.1) is 46.3 Å². The molecule has 9 unspecified atom stereocenters. The van der Waals surface area contributed by atoms with Gasteiger partial charge in [-0.3, -0.25) is 9.59 Å². The Balaban J connectivity index is 0.00000272. The van der Waals surface area contributed by atoms with Crippen molar-refractivity contribution in [1.82, 2.24) is 0 Å². The zero-order valence-electron chi connectivity index (χ0n) is 20.2. The summed E-state index contributed by atoms with van der Waals surface area (Å²) in [5.74, 6) is 3.52. The number of ketones is 1. The minimum Gasteiger partial charge on any atom is -0.461 e. The fourth-order valence-corrected chi connectivity index (χ4v) is 8.51. The van der Waals surface area contributed by atoms with Crippen molar-refractivity contribution < 1.29 is 14.3 Å². The summed E-state index contributed by atoms with van der Waals surface area (Å²) in [5.41, 5.74) is 6.61. The van der Waals surface area contributed by atoms with Crippen LogP contribution in [-0.4, -0.2) is 23.9 Å². The van der Waals surface area contributed by atoms with Gasteiger partial charge in [0, 0.05) is 5.92 Å². The van der Waals surface area contributed by atoms with E-state index in [9.17, 15) is 9.59 Å². The predicted molar refractivity (Wildman–Crippen MR) is 126 cm³/mol. The lowest BCUT2D eigenvalue weighted by Crippen LogP contribution is -2.54. The van der Waals surface area contributed by atoms with E-state index < -0.39 is 6.04 Å². The van der Waals surface area contributed by atoms with Gasteiger partial charge < -0.3 is 10.5 Å². The molecule has 0 bridgehead atoms. The highest BCUT2D eigenvalue weighted by Crippen LogP contribution is 2.67. The summed E-state index contributed by atoms with van der Waals surface area (Å²) in [5, 5.41) is 0. The first kappa shape index (κ1) is 25.0. The number of rotatable bonds is 4. The van der Waals surface area contributed by atoms with Crippen LogP contribution in [0.4, 0.5) is 0 Å². The Morgan fingerprint density at radius 3 is 2.23 bits per heavy atom. The summed E-state index contributed by atoms with van der Waals surface area (Å²) in [6, 6.07) is -0.512. The molecular weight excluding hydrogens is 410 g/mol. The van der Waals surface area contributed by atoms with Crippen molar-refractivity contribution in [3.8, 4) is 0 Å². The molecule has 4 nitrogen and oxygen atoms in total. The molecule has 4 rings (SSSR count). The van der Waals surface area contributed by atoms with Crippen molar-refractivity contribution in [3.05, 3.63) is 0 Å². The maximum Gasteiger partial charge on any atom is 0.323 e. The minimum absolute atomic E-state index is 0. The van der Waals surface area contributed by atoms with Crippen LogP contribution in [0.25, 0.3) is 0 Å². The number of ether oxygens (including phenoxy) is 1. The van der Waals surface area contributed by atoms with Gasteiger partial charge in [0.2, 0.25) is 0 Å². The van der Waals surface area contributed by atoms with Crippen LogP contribution in [0.5, 0.6) is 0 Å². The van der Waals surface area contributed by atoms with Crippen LogP contribution in [0.1, 0.15) is 92.4 Å². The Kier molecular flexibility index (Phi) is 7.24. The highest BCUT2D eigenvalue weighted by Gasteiger charge is 2.60. The maximum atomic E-state index is 12.4. The molecule has 4 aliphatic carbocycles. The van der Waals surface area contributed by atoms with Crippen LogP contribution in [-0.2, 0) is 14.3 Å². The Labute approximate surface area is 195 Å². The second-order valence-electron chi connectivity index (χ2n) is 12.0. The Bertz CT molecular complexity index is 696. The molecule has 5 heteroatoms. The second-order valence-corrected chi connectivity index (χ2v) is 12.0. The van der Waals surface area contributed by atoms with Crippen molar-refractivity contribution in [2.24, 2.45) is 52.1 Å². The maximum absolute atomic E-state index is 12.4. The molecule has 0 aromatic rings. The van der Waals surface area contributed by atoms with Gasteiger partial charge >= 0.3 is 5.97 Å². The first-order valence-electron chi connectivity index (χ1n) is 12.5. The molecule has 0 radical (unpaired) electrons. The van der Waals surface area contributed by atoms with Crippen LogP contribution in [0.15, 0.2) is 0 Å². The lowest BCUT2D eigenvalue weighted by molar-refractivity contribution is -0.165. The first-order valence-corrected chi connectivity index (χ1v) is 12.5. The van der Waals surface area contributed by atoms with E-state index in [1.165, 1.54) is 32.1 Å². The molecule has 9 atom stereocenters. The van der Waals surface area contributed by atoms with E-state index in [0.29, 0.717) is 17.1 Å². The number of hydrogen-bond donors (Lipinski definition) is 1. The van der Waals surface area contributed by atoms with E-state index in [0.717, 1.165) is 43.4 Å². The van der Waals surface area contributed by atoms with Crippen molar-refractivity contribution >= 4 is 24.2 Å². The van der Waals surface area contributed by atoms with E-state index in [1.54, 1.807) is 0 Å². The summed E-state index contributed by atoms with van der Waals surface area (Å²) in [6.07, 6.45) is 10.6. The van der Waals surface area contributed by atoms with Gasteiger partial charge in [0.05, 0.1) is 0 Å². The number of esters is 1. The molecule has 0 spiro atoms. The summed E-state index contributed by atoms with van der Waals surface area (Å²) in [7, 11) is 0. The number of carbonyl (C=O) groups excluding carboxylic acids is 2. The number of fused-ring (bicyclic) bond motifs is 5. The molecule has 0 heterocycles. The predicted octanol–water partition coefficient (Wildman–Crippen LogP) is 5.55. The third-order valence-corrected chi connectivity index (χ3v) is 10.4. The van der Waals surface area contributed by atoms with Gasteiger partial charge in [-0.15, -0.1) is 12.4 Å². The zero-order valence-corrected chi connectivity index (χ0v) is 21.0. The van der Waals surface area contributed by atoms with Gasteiger partial charge in [-0.2, -0.15) is 0 Å². The van der Waals surface area contributed by atoms with Crippen LogP contribution >= 0.6 is 12.4 Å². The number of carbonyl (C=O) groups is 2. The van der Waals surface area contributed by atoms with E-state index >= 15 is 0 Å². The van der Waals surface area contributed by atoms with E-state index in [4.69, 9.17) is 10.5 Å². The fourth-order valence-electron chi connectivity index (χ4n) is 8.51. The van der Waals surface area contributed by atoms with Crippen LogP contribution < -0.4 is 5.73 Å². The standard InChI is InChI=1S/C26H43NO3.ClH/c1-15(2)23(27)24(29)30-18-10-12-25(4)17(14-18)6-7-19-21-9-8-20(16(3)28)26(21,5)13-11-22(19)25;/h15,17-23H,6-14,27H2,1-5H3;1H. The smallest absolute Gasteiger partial charge is 0.323 e. The molecule has 4 aliphatic rings.